The van der Waals surface area contributed by atoms with Crippen LogP contribution in [0.15, 0.2) is 66.7 Å². The third-order valence-corrected chi connectivity index (χ3v) is 4.27. The number of para-hydroxylation sites is 2. The van der Waals surface area contributed by atoms with Gasteiger partial charge in [-0.05, 0) is 31.2 Å². The second kappa shape index (κ2) is 6.98. The van der Waals surface area contributed by atoms with Crippen molar-refractivity contribution in [3.05, 3.63) is 72.4 Å². The molecule has 0 N–H and O–H groups in total. The van der Waals surface area contributed by atoms with Crippen molar-refractivity contribution >= 4 is 22.5 Å². The van der Waals surface area contributed by atoms with E-state index in [9.17, 15) is 18.0 Å². The van der Waals surface area contributed by atoms with Gasteiger partial charge in [0.05, 0.1) is 11.2 Å². The van der Waals surface area contributed by atoms with Crippen LogP contribution in [0.3, 0.4) is 0 Å². The average molecular weight is 376 g/mol. The molecule has 1 aromatic heterocycles. The summed E-state index contributed by atoms with van der Waals surface area (Å²) >= 11 is 0. The second-order valence-corrected chi connectivity index (χ2v) is 5.93. The van der Waals surface area contributed by atoms with E-state index in [1.54, 1.807) is 36.4 Å². The van der Waals surface area contributed by atoms with E-state index >= 15 is 4.39 Å². The third kappa shape index (κ3) is 3.25. The van der Waals surface area contributed by atoms with Crippen molar-refractivity contribution in [2.45, 2.75) is 18.8 Å². The summed E-state index contributed by atoms with van der Waals surface area (Å²) in [7, 11) is 0. The number of anilines is 1. The van der Waals surface area contributed by atoms with Crippen molar-refractivity contribution < 1.29 is 22.4 Å². The van der Waals surface area contributed by atoms with Gasteiger partial charge in [-0.1, -0.05) is 42.5 Å². The number of hydrogen-bond donors (Lipinski definition) is 0. The van der Waals surface area contributed by atoms with Crippen molar-refractivity contribution in [1.82, 2.24) is 4.98 Å². The van der Waals surface area contributed by atoms with Gasteiger partial charge in [0.2, 0.25) is 0 Å². The molecule has 1 amide bonds. The normalized spacial score (nSPS) is 14.0. The van der Waals surface area contributed by atoms with Crippen LogP contribution >= 0.6 is 0 Å². The first-order valence-corrected chi connectivity index (χ1v) is 8.28. The van der Waals surface area contributed by atoms with Crippen LogP contribution in [0.4, 0.5) is 23.2 Å². The number of carbonyl (C=O) groups excluding carboxylic acids is 1. The number of fused-ring (bicyclic) bond motifs is 1. The smallest absolute Gasteiger partial charge is 0.309 e. The predicted molar refractivity (Wildman–Crippen MR) is 95.1 cm³/mol. The molecule has 0 saturated heterocycles. The number of carbonyl (C=O) groups is 1. The Kier molecular flexibility index (Phi) is 4.87. The molecule has 1 unspecified atom stereocenters. The van der Waals surface area contributed by atoms with E-state index < -0.39 is 23.4 Å². The van der Waals surface area contributed by atoms with Gasteiger partial charge in [-0.2, -0.15) is 13.2 Å². The zero-order valence-electron chi connectivity index (χ0n) is 14.4. The maximum atomic E-state index is 15.5. The van der Waals surface area contributed by atoms with Crippen LogP contribution in [-0.4, -0.2) is 23.6 Å². The minimum Gasteiger partial charge on any atom is -0.309 e. The molecule has 1 atom stereocenters. The van der Waals surface area contributed by atoms with Gasteiger partial charge in [-0.25, -0.2) is 9.37 Å². The molecule has 0 aliphatic carbocycles. The molecule has 27 heavy (non-hydrogen) atoms. The third-order valence-electron chi connectivity index (χ3n) is 4.27. The summed E-state index contributed by atoms with van der Waals surface area (Å²) in [6, 6.07) is 16.3. The minimum absolute atomic E-state index is 0.127. The molecule has 7 heteroatoms. The average Bonchev–Trinajstić information content (AvgIpc) is 2.67. The van der Waals surface area contributed by atoms with Gasteiger partial charge in [0.1, 0.15) is 0 Å². The zero-order valence-corrected chi connectivity index (χ0v) is 14.4. The summed E-state index contributed by atoms with van der Waals surface area (Å²) in [5, 5.41) is 0.550. The van der Waals surface area contributed by atoms with Crippen LogP contribution in [0.25, 0.3) is 10.9 Å². The van der Waals surface area contributed by atoms with Gasteiger partial charge in [0, 0.05) is 17.6 Å². The molecule has 0 radical (unpaired) electrons. The monoisotopic (exact) mass is 376 g/mol. The van der Waals surface area contributed by atoms with Crippen LogP contribution in [0, 0.1) is 0 Å². The van der Waals surface area contributed by atoms with Gasteiger partial charge in [0.25, 0.3) is 5.91 Å². The Morgan fingerprint density at radius 2 is 1.56 bits per heavy atom. The van der Waals surface area contributed by atoms with E-state index in [0.29, 0.717) is 5.39 Å². The molecule has 0 saturated carbocycles. The molecular weight excluding hydrogens is 360 g/mol. The molecule has 0 fully saturated rings. The number of likely N-dealkylation sites (N-methyl/N-ethyl adjacent to an activating group) is 1. The van der Waals surface area contributed by atoms with Crippen LogP contribution in [0.5, 0.6) is 0 Å². The molecule has 3 nitrogen and oxygen atoms in total. The van der Waals surface area contributed by atoms with E-state index in [-0.39, 0.29) is 17.7 Å². The summed E-state index contributed by atoms with van der Waals surface area (Å²) in [5.74, 6) is -1.72. The number of nitrogens with zero attached hydrogens (tertiary/aromatic N) is 2. The number of hydrogen-bond acceptors (Lipinski definition) is 2. The predicted octanol–water partition coefficient (Wildman–Crippen LogP) is 5.02. The van der Waals surface area contributed by atoms with Crippen molar-refractivity contribution in [3.8, 4) is 0 Å². The highest BCUT2D eigenvalue weighted by molar-refractivity contribution is 6.00. The summed E-state index contributed by atoms with van der Waals surface area (Å²) in [5.41, 5.74) is -4.88. The van der Waals surface area contributed by atoms with Crippen molar-refractivity contribution in [2.24, 2.45) is 0 Å². The highest BCUT2D eigenvalue weighted by atomic mass is 19.4. The quantitative estimate of drug-likeness (QED) is 0.600. The van der Waals surface area contributed by atoms with E-state index in [2.05, 4.69) is 4.98 Å². The molecule has 1 heterocycles. The second-order valence-electron chi connectivity index (χ2n) is 5.93. The van der Waals surface area contributed by atoms with Crippen LogP contribution < -0.4 is 4.90 Å². The number of rotatable bonds is 4. The van der Waals surface area contributed by atoms with Gasteiger partial charge in [-0.3, -0.25) is 4.79 Å². The molecule has 3 rings (SSSR count). The van der Waals surface area contributed by atoms with Gasteiger partial charge in [0.15, 0.2) is 0 Å². The van der Waals surface area contributed by atoms with E-state index in [1.807, 2.05) is 0 Å². The minimum atomic E-state index is -5.47. The van der Waals surface area contributed by atoms with Crippen LogP contribution in [0.1, 0.15) is 12.6 Å². The Morgan fingerprint density at radius 3 is 2.19 bits per heavy atom. The lowest BCUT2D eigenvalue weighted by atomic mass is 9.97. The molecule has 0 spiro atoms. The van der Waals surface area contributed by atoms with Crippen molar-refractivity contribution in [2.75, 3.05) is 11.4 Å². The number of alkyl halides is 4. The van der Waals surface area contributed by atoms with E-state index in [4.69, 9.17) is 0 Å². The molecule has 0 bridgehead atoms. The summed E-state index contributed by atoms with van der Waals surface area (Å²) < 4.78 is 56.9. The van der Waals surface area contributed by atoms with Crippen molar-refractivity contribution in [3.63, 3.8) is 0 Å². The fourth-order valence-corrected chi connectivity index (χ4v) is 2.87. The van der Waals surface area contributed by atoms with Crippen molar-refractivity contribution in [1.29, 1.82) is 0 Å². The van der Waals surface area contributed by atoms with Gasteiger partial charge >= 0.3 is 11.8 Å². The Morgan fingerprint density at radius 1 is 0.926 bits per heavy atom. The summed E-state index contributed by atoms with van der Waals surface area (Å²) in [4.78, 5) is 17.3. The Bertz CT molecular complexity index is 959. The van der Waals surface area contributed by atoms with E-state index in [1.165, 1.54) is 31.2 Å². The van der Waals surface area contributed by atoms with E-state index in [0.717, 1.165) is 11.0 Å². The topological polar surface area (TPSA) is 33.2 Å². The fraction of sp³-hybridized carbons (Fsp3) is 0.200. The number of aromatic nitrogens is 1. The highest BCUT2D eigenvalue weighted by Crippen LogP contribution is 2.44. The Labute approximate surface area is 153 Å². The number of pyridine rings is 1. The molecule has 140 valence electrons. The maximum absolute atomic E-state index is 15.5. The lowest BCUT2D eigenvalue weighted by Gasteiger charge is -2.32. The molecule has 0 aliphatic rings. The van der Waals surface area contributed by atoms with Gasteiger partial charge in [-0.15, -0.1) is 0 Å². The summed E-state index contributed by atoms with van der Waals surface area (Å²) in [6.07, 6.45) is -5.47. The first kappa shape index (κ1) is 18.8. The largest absolute Gasteiger partial charge is 0.437 e. The molecule has 0 aliphatic heterocycles. The number of halogens is 4. The SMILES string of the molecule is CCN(C(=O)C(F)(c1ccc2ccccc2n1)C(F)(F)F)c1ccccc1. The number of benzene rings is 2. The molecular formula is C20H16F4N2O. The Hall–Kier alpha value is -2.96. The number of amides is 1. The molecule has 2 aromatic carbocycles. The van der Waals surface area contributed by atoms with Crippen LogP contribution in [-0.2, 0) is 10.5 Å². The van der Waals surface area contributed by atoms with Gasteiger partial charge < -0.3 is 4.90 Å². The Balaban J connectivity index is 2.15. The van der Waals surface area contributed by atoms with Crippen LogP contribution in [0.2, 0.25) is 0 Å². The molecule has 3 aromatic rings. The first-order chi connectivity index (χ1) is 12.8. The first-order valence-electron chi connectivity index (χ1n) is 8.28. The standard InChI is InChI=1S/C20H16F4N2O/c1-2-26(15-9-4-3-5-10-15)18(27)19(21,20(22,23)24)17-13-12-14-8-6-7-11-16(14)25-17/h3-13H,2H2,1H3. The maximum Gasteiger partial charge on any atom is 0.437 e. The lowest BCUT2D eigenvalue weighted by molar-refractivity contribution is -0.230. The lowest BCUT2D eigenvalue weighted by Crippen LogP contribution is -2.53. The zero-order chi connectivity index (χ0) is 19.7. The highest BCUT2D eigenvalue weighted by Gasteiger charge is 2.65. The summed E-state index contributed by atoms with van der Waals surface area (Å²) in [6.45, 7) is 1.35. The fourth-order valence-electron chi connectivity index (χ4n) is 2.87.